The van der Waals surface area contributed by atoms with Crippen molar-refractivity contribution in [2.45, 2.75) is 0 Å². The van der Waals surface area contributed by atoms with Crippen molar-refractivity contribution in [2.24, 2.45) is 5.16 Å². The van der Waals surface area contributed by atoms with Gasteiger partial charge in [0, 0.05) is 30.4 Å². The van der Waals surface area contributed by atoms with E-state index in [2.05, 4.69) is 10.5 Å². The summed E-state index contributed by atoms with van der Waals surface area (Å²) in [5.74, 6) is -0.350. The van der Waals surface area contributed by atoms with E-state index < -0.39 is 4.92 Å². The molecule has 1 fully saturated rings. The lowest BCUT2D eigenvalue weighted by Crippen LogP contribution is -2.36. The highest BCUT2D eigenvalue weighted by Gasteiger charge is 2.21. The van der Waals surface area contributed by atoms with Crippen LogP contribution >= 0.6 is 0 Å². The smallest absolute Gasteiger partial charge is 0.293 e. The molecule has 2 aromatic rings. The lowest BCUT2D eigenvalue weighted by atomic mass is 10.1. The van der Waals surface area contributed by atoms with Gasteiger partial charge in [-0.05, 0) is 18.2 Å². The third kappa shape index (κ3) is 5.27. The largest absolute Gasteiger partial charge is 0.386 e. The molecule has 0 aliphatic carbocycles. The van der Waals surface area contributed by atoms with Crippen molar-refractivity contribution in [1.29, 1.82) is 0 Å². The first-order valence-corrected chi connectivity index (χ1v) is 8.75. The van der Waals surface area contributed by atoms with Crippen LogP contribution < -0.4 is 10.2 Å². The van der Waals surface area contributed by atoms with E-state index in [1.807, 2.05) is 23.1 Å². The zero-order valence-corrected chi connectivity index (χ0v) is 15.1. The van der Waals surface area contributed by atoms with Crippen LogP contribution in [0.5, 0.6) is 0 Å². The van der Waals surface area contributed by atoms with Gasteiger partial charge in [-0.1, -0.05) is 29.4 Å². The predicted molar refractivity (Wildman–Crippen MR) is 105 cm³/mol. The summed E-state index contributed by atoms with van der Waals surface area (Å²) in [6, 6.07) is 13.8. The van der Waals surface area contributed by atoms with Crippen molar-refractivity contribution >= 4 is 29.2 Å². The van der Waals surface area contributed by atoms with Gasteiger partial charge in [-0.25, -0.2) is 0 Å². The van der Waals surface area contributed by atoms with Crippen molar-refractivity contribution in [1.82, 2.24) is 0 Å². The summed E-state index contributed by atoms with van der Waals surface area (Å²) >= 11 is 0. The Morgan fingerprint density at radius 3 is 2.71 bits per heavy atom. The van der Waals surface area contributed by atoms with Crippen LogP contribution in [-0.4, -0.2) is 50.0 Å². The lowest BCUT2D eigenvalue weighted by molar-refractivity contribution is -0.384. The van der Waals surface area contributed by atoms with E-state index in [4.69, 9.17) is 9.57 Å². The molecule has 0 spiro atoms. The number of oxime groups is 1. The summed E-state index contributed by atoms with van der Waals surface area (Å²) in [5.41, 5.74) is 1.71. The fourth-order valence-electron chi connectivity index (χ4n) is 2.75. The van der Waals surface area contributed by atoms with Crippen LogP contribution in [0.25, 0.3) is 0 Å². The normalized spacial score (nSPS) is 14.1. The van der Waals surface area contributed by atoms with Crippen LogP contribution in [0, 0.1) is 10.1 Å². The topological polar surface area (TPSA) is 106 Å². The van der Waals surface area contributed by atoms with E-state index in [1.54, 1.807) is 24.3 Å². The highest BCUT2D eigenvalue weighted by atomic mass is 16.6. The molecule has 9 heteroatoms. The van der Waals surface area contributed by atoms with Crippen molar-refractivity contribution in [3.63, 3.8) is 0 Å². The van der Waals surface area contributed by atoms with Gasteiger partial charge in [-0.15, -0.1) is 0 Å². The molecular formula is C19H20N4O5. The van der Waals surface area contributed by atoms with Crippen LogP contribution in [0.1, 0.15) is 5.56 Å². The van der Waals surface area contributed by atoms with Crippen LogP contribution in [0.4, 0.5) is 17.1 Å². The van der Waals surface area contributed by atoms with Crippen molar-refractivity contribution in [3.8, 4) is 0 Å². The number of carbonyl (C=O) groups excluding carboxylic acids is 1. The number of nitro benzene ring substituents is 1. The zero-order chi connectivity index (χ0) is 19.8. The second kappa shape index (κ2) is 9.47. The molecule has 9 nitrogen and oxygen atoms in total. The van der Waals surface area contributed by atoms with Gasteiger partial charge >= 0.3 is 0 Å². The molecule has 0 radical (unpaired) electrons. The number of morpholine rings is 1. The highest BCUT2D eigenvalue weighted by Crippen LogP contribution is 2.29. The van der Waals surface area contributed by atoms with Crippen molar-refractivity contribution in [2.75, 3.05) is 43.1 Å². The molecule has 0 aromatic heterocycles. The number of rotatable bonds is 7. The van der Waals surface area contributed by atoms with Gasteiger partial charge in [-0.2, -0.15) is 0 Å². The first-order chi connectivity index (χ1) is 13.6. The number of benzene rings is 2. The van der Waals surface area contributed by atoms with E-state index >= 15 is 0 Å². The van der Waals surface area contributed by atoms with E-state index in [0.717, 1.165) is 0 Å². The average Bonchev–Trinajstić information content (AvgIpc) is 2.72. The fraction of sp³-hybridized carbons (Fsp3) is 0.263. The Bertz CT molecular complexity index is 851. The van der Waals surface area contributed by atoms with Crippen LogP contribution in [0.2, 0.25) is 0 Å². The fourth-order valence-corrected chi connectivity index (χ4v) is 2.75. The average molecular weight is 384 g/mol. The minimum absolute atomic E-state index is 0.00679. The molecule has 0 saturated carbocycles. The third-order valence-electron chi connectivity index (χ3n) is 4.08. The van der Waals surface area contributed by atoms with Gasteiger partial charge in [0.25, 0.3) is 11.6 Å². The van der Waals surface area contributed by atoms with Crippen LogP contribution in [0.15, 0.2) is 53.7 Å². The number of hydrogen-bond acceptors (Lipinski definition) is 7. The van der Waals surface area contributed by atoms with Gasteiger partial charge in [0.05, 0.1) is 24.4 Å². The predicted octanol–water partition coefficient (Wildman–Crippen LogP) is 2.42. The maximum atomic E-state index is 11.8. The van der Waals surface area contributed by atoms with E-state index in [9.17, 15) is 14.9 Å². The number of anilines is 2. The Hall–Kier alpha value is -3.46. The molecule has 1 aliphatic rings. The molecule has 2 aromatic carbocycles. The van der Waals surface area contributed by atoms with Crippen LogP contribution in [-0.2, 0) is 14.4 Å². The Kier molecular flexibility index (Phi) is 6.53. The number of para-hydroxylation sites is 1. The monoisotopic (exact) mass is 384 g/mol. The van der Waals surface area contributed by atoms with E-state index in [-0.39, 0.29) is 18.2 Å². The number of carbonyl (C=O) groups is 1. The Balaban J connectivity index is 1.58. The van der Waals surface area contributed by atoms with E-state index in [0.29, 0.717) is 43.2 Å². The summed E-state index contributed by atoms with van der Waals surface area (Å²) < 4.78 is 5.29. The number of hydrogen-bond donors (Lipinski definition) is 1. The maximum Gasteiger partial charge on any atom is 0.293 e. The Morgan fingerprint density at radius 1 is 1.25 bits per heavy atom. The highest BCUT2D eigenvalue weighted by molar-refractivity contribution is 5.91. The standard InChI is InChI=1S/C19H20N4O5/c24-19(21-16-4-2-1-3-5-16)14-28-20-13-15-6-7-17(18(12-15)23(25)26)22-8-10-27-11-9-22/h1-7,12-13H,8-11,14H2,(H,21,24)/b20-13-. The number of ether oxygens (including phenoxy) is 1. The summed E-state index contributed by atoms with van der Waals surface area (Å²) in [6.45, 7) is 2.03. The molecule has 146 valence electrons. The molecule has 0 bridgehead atoms. The number of amides is 1. The zero-order valence-electron chi connectivity index (χ0n) is 15.1. The Labute approximate surface area is 161 Å². The quantitative estimate of drug-likeness (QED) is 0.446. The lowest BCUT2D eigenvalue weighted by Gasteiger charge is -2.28. The second-order valence-electron chi connectivity index (χ2n) is 6.03. The molecule has 1 aliphatic heterocycles. The van der Waals surface area contributed by atoms with Gasteiger partial charge in [-0.3, -0.25) is 14.9 Å². The van der Waals surface area contributed by atoms with Crippen molar-refractivity contribution < 1.29 is 19.3 Å². The number of nitrogens with zero attached hydrogens (tertiary/aromatic N) is 3. The van der Waals surface area contributed by atoms with Gasteiger partial charge in [0.2, 0.25) is 0 Å². The van der Waals surface area contributed by atoms with Gasteiger partial charge in [0.1, 0.15) is 5.69 Å². The number of nitro groups is 1. The number of nitrogens with one attached hydrogen (secondary N) is 1. The summed E-state index contributed by atoms with van der Waals surface area (Å²) in [5, 5.41) is 17.8. The Morgan fingerprint density at radius 2 is 2.00 bits per heavy atom. The van der Waals surface area contributed by atoms with Crippen LogP contribution in [0.3, 0.4) is 0 Å². The molecule has 0 atom stereocenters. The minimum Gasteiger partial charge on any atom is -0.386 e. The second-order valence-corrected chi connectivity index (χ2v) is 6.03. The molecule has 1 saturated heterocycles. The van der Waals surface area contributed by atoms with Crippen molar-refractivity contribution in [3.05, 3.63) is 64.2 Å². The summed E-state index contributed by atoms with van der Waals surface area (Å²) in [6.07, 6.45) is 1.34. The molecule has 1 amide bonds. The molecule has 0 unspecified atom stereocenters. The van der Waals surface area contributed by atoms with Gasteiger partial charge < -0.3 is 19.8 Å². The maximum absolute atomic E-state index is 11.8. The summed E-state index contributed by atoms with van der Waals surface area (Å²) in [7, 11) is 0. The summed E-state index contributed by atoms with van der Waals surface area (Å²) in [4.78, 5) is 29.7. The molecule has 3 rings (SSSR count). The molecule has 28 heavy (non-hydrogen) atoms. The SMILES string of the molecule is O=C(CO/N=C\c1ccc(N2CCOCC2)c([N+](=O)[O-])c1)Nc1ccccc1. The molecular weight excluding hydrogens is 364 g/mol. The van der Waals surface area contributed by atoms with E-state index in [1.165, 1.54) is 12.3 Å². The first-order valence-electron chi connectivity index (χ1n) is 8.75. The van der Waals surface area contributed by atoms with Gasteiger partial charge in [0.15, 0.2) is 6.61 Å². The third-order valence-corrected chi connectivity index (χ3v) is 4.08. The minimum atomic E-state index is -0.420. The first kappa shape index (κ1) is 19.3. The molecule has 1 N–H and O–H groups in total. The molecule has 1 heterocycles.